The van der Waals surface area contributed by atoms with E-state index in [4.69, 9.17) is 0 Å². The first-order valence-corrected chi connectivity index (χ1v) is 6.91. The van der Waals surface area contributed by atoms with Gasteiger partial charge in [-0.3, -0.25) is 18.9 Å². The standard InChI is InChI=1S/C14H14BrN3O3/c1-8-6-9(4-5-11(8)15)16-7-10-12(19)17(2)14(21)18(3)13(10)20/h4-7,19H,1-3H3. The third-order valence-electron chi connectivity index (χ3n) is 3.15. The Morgan fingerprint density at radius 1 is 1.24 bits per heavy atom. The van der Waals surface area contributed by atoms with Gasteiger partial charge in [-0.15, -0.1) is 0 Å². The van der Waals surface area contributed by atoms with Gasteiger partial charge in [0.25, 0.3) is 5.56 Å². The highest BCUT2D eigenvalue weighted by Crippen LogP contribution is 2.22. The Balaban J connectivity index is 2.54. The summed E-state index contributed by atoms with van der Waals surface area (Å²) < 4.78 is 2.88. The van der Waals surface area contributed by atoms with Crippen molar-refractivity contribution in [1.29, 1.82) is 0 Å². The molecule has 0 fully saturated rings. The van der Waals surface area contributed by atoms with Crippen LogP contribution in [0.3, 0.4) is 0 Å². The lowest BCUT2D eigenvalue weighted by atomic mass is 10.2. The number of hydrogen-bond acceptors (Lipinski definition) is 4. The average Bonchev–Trinajstić information content (AvgIpc) is 2.46. The molecule has 0 radical (unpaired) electrons. The van der Waals surface area contributed by atoms with Crippen molar-refractivity contribution in [2.75, 3.05) is 0 Å². The van der Waals surface area contributed by atoms with E-state index in [9.17, 15) is 14.7 Å². The lowest BCUT2D eigenvalue weighted by Crippen LogP contribution is -2.38. The van der Waals surface area contributed by atoms with E-state index in [2.05, 4.69) is 20.9 Å². The number of aryl methyl sites for hydroxylation is 1. The van der Waals surface area contributed by atoms with Gasteiger partial charge in [-0.2, -0.15) is 0 Å². The van der Waals surface area contributed by atoms with Gasteiger partial charge in [0.2, 0.25) is 5.88 Å². The molecule has 0 bridgehead atoms. The zero-order chi connectivity index (χ0) is 15.7. The van der Waals surface area contributed by atoms with Crippen molar-refractivity contribution in [2.24, 2.45) is 19.1 Å². The second-order valence-corrected chi connectivity index (χ2v) is 5.49. The predicted octanol–water partition coefficient (Wildman–Crippen LogP) is 1.61. The summed E-state index contributed by atoms with van der Waals surface area (Å²) in [6.07, 6.45) is 1.26. The topological polar surface area (TPSA) is 76.6 Å². The van der Waals surface area contributed by atoms with Crippen LogP contribution in [-0.2, 0) is 14.1 Å². The minimum absolute atomic E-state index is 0.0276. The van der Waals surface area contributed by atoms with Gasteiger partial charge in [-0.25, -0.2) is 4.79 Å². The van der Waals surface area contributed by atoms with E-state index >= 15 is 0 Å². The van der Waals surface area contributed by atoms with Crippen molar-refractivity contribution in [3.8, 4) is 5.88 Å². The molecular formula is C14H14BrN3O3. The van der Waals surface area contributed by atoms with Crippen LogP contribution in [0.1, 0.15) is 11.1 Å². The lowest BCUT2D eigenvalue weighted by molar-refractivity contribution is 0.410. The summed E-state index contributed by atoms with van der Waals surface area (Å²) in [5, 5.41) is 9.91. The van der Waals surface area contributed by atoms with Gasteiger partial charge in [0.1, 0.15) is 5.56 Å². The monoisotopic (exact) mass is 351 g/mol. The van der Waals surface area contributed by atoms with Crippen LogP contribution >= 0.6 is 15.9 Å². The highest BCUT2D eigenvalue weighted by Gasteiger charge is 2.12. The molecule has 7 heteroatoms. The Morgan fingerprint density at radius 2 is 1.90 bits per heavy atom. The van der Waals surface area contributed by atoms with Crippen LogP contribution in [0.15, 0.2) is 37.3 Å². The van der Waals surface area contributed by atoms with Gasteiger partial charge in [-0.05, 0) is 30.7 Å². The second-order valence-electron chi connectivity index (χ2n) is 4.63. The van der Waals surface area contributed by atoms with Crippen LogP contribution < -0.4 is 11.2 Å². The molecule has 21 heavy (non-hydrogen) atoms. The first-order chi connectivity index (χ1) is 9.82. The van der Waals surface area contributed by atoms with Gasteiger partial charge in [0.05, 0.1) is 5.69 Å². The van der Waals surface area contributed by atoms with Crippen molar-refractivity contribution in [3.63, 3.8) is 0 Å². The number of aliphatic imine (C=N–C) groups is 1. The van der Waals surface area contributed by atoms with E-state index in [1.165, 1.54) is 20.3 Å². The highest BCUT2D eigenvalue weighted by molar-refractivity contribution is 9.10. The fourth-order valence-corrected chi connectivity index (χ4v) is 2.07. The maximum absolute atomic E-state index is 12.0. The number of hydrogen-bond donors (Lipinski definition) is 1. The summed E-state index contributed by atoms with van der Waals surface area (Å²) >= 11 is 3.39. The number of aromatic hydroxyl groups is 1. The Morgan fingerprint density at radius 3 is 2.52 bits per heavy atom. The van der Waals surface area contributed by atoms with E-state index in [1.54, 1.807) is 6.07 Å². The summed E-state index contributed by atoms with van der Waals surface area (Å²) in [7, 11) is 2.74. The second kappa shape index (κ2) is 5.69. The average molecular weight is 352 g/mol. The highest BCUT2D eigenvalue weighted by atomic mass is 79.9. The third-order valence-corrected chi connectivity index (χ3v) is 4.04. The smallest absolute Gasteiger partial charge is 0.333 e. The molecule has 1 N–H and O–H groups in total. The molecule has 0 amide bonds. The molecular weight excluding hydrogens is 338 g/mol. The maximum atomic E-state index is 12.0. The number of aromatic nitrogens is 2. The maximum Gasteiger partial charge on any atom is 0.333 e. The molecule has 2 aromatic rings. The van der Waals surface area contributed by atoms with Gasteiger partial charge < -0.3 is 5.11 Å². The number of benzene rings is 1. The Labute approximate surface area is 129 Å². The molecule has 110 valence electrons. The molecule has 0 aliphatic heterocycles. The third kappa shape index (κ3) is 2.82. The lowest BCUT2D eigenvalue weighted by Gasteiger charge is -2.07. The molecule has 0 aliphatic carbocycles. The molecule has 2 rings (SSSR count). The zero-order valence-electron chi connectivity index (χ0n) is 11.8. The molecule has 0 unspecified atom stereocenters. The van der Waals surface area contributed by atoms with Crippen molar-refractivity contribution < 1.29 is 5.11 Å². The van der Waals surface area contributed by atoms with E-state index in [1.807, 2.05) is 19.1 Å². The molecule has 0 atom stereocenters. The fourth-order valence-electron chi connectivity index (χ4n) is 1.82. The van der Waals surface area contributed by atoms with E-state index in [-0.39, 0.29) is 5.56 Å². The van der Waals surface area contributed by atoms with Crippen molar-refractivity contribution >= 4 is 27.8 Å². The van der Waals surface area contributed by atoms with Crippen molar-refractivity contribution in [3.05, 3.63) is 54.6 Å². The molecule has 1 aromatic heterocycles. The van der Waals surface area contributed by atoms with Crippen LogP contribution in [0.2, 0.25) is 0 Å². The first kappa shape index (κ1) is 15.2. The van der Waals surface area contributed by atoms with Crippen LogP contribution in [-0.4, -0.2) is 20.5 Å². The van der Waals surface area contributed by atoms with Gasteiger partial charge >= 0.3 is 5.69 Å². The molecule has 0 saturated carbocycles. The van der Waals surface area contributed by atoms with Crippen LogP contribution in [0.25, 0.3) is 0 Å². The van der Waals surface area contributed by atoms with Crippen LogP contribution in [0, 0.1) is 6.92 Å². The minimum Gasteiger partial charge on any atom is -0.494 e. The Bertz CT molecular complexity index is 850. The van der Waals surface area contributed by atoms with E-state index < -0.39 is 17.1 Å². The van der Waals surface area contributed by atoms with Gasteiger partial charge in [-0.1, -0.05) is 15.9 Å². The van der Waals surface area contributed by atoms with Gasteiger partial charge in [0.15, 0.2) is 0 Å². The van der Waals surface area contributed by atoms with Crippen molar-refractivity contribution in [1.82, 2.24) is 9.13 Å². The van der Waals surface area contributed by atoms with E-state index in [0.717, 1.165) is 19.2 Å². The summed E-state index contributed by atoms with van der Waals surface area (Å²) in [5.74, 6) is -0.402. The Hall–Kier alpha value is -2.15. The van der Waals surface area contributed by atoms with Crippen molar-refractivity contribution in [2.45, 2.75) is 6.92 Å². The SMILES string of the molecule is Cc1cc(N=Cc2c(O)n(C)c(=O)n(C)c2=O)ccc1Br. The largest absolute Gasteiger partial charge is 0.494 e. The first-order valence-electron chi connectivity index (χ1n) is 6.12. The number of nitrogens with zero attached hydrogens (tertiary/aromatic N) is 3. The van der Waals surface area contributed by atoms with Crippen LogP contribution in [0.4, 0.5) is 5.69 Å². The van der Waals surface area contributed by atoms with Crippen LogP contribution in [0.5, 0.6) is 5.88 Å². The summed E-state index contributed by atoms with van der Waals surface area (Å²) in [6.45, 7) is 1.92. The number of rotatable bonds is 2. The van der Waals surface area contributed by atoms with Gasteiger partial charge in [0, 0.05) is 24.8 Å². The zero-order valence-corrected chi connectivity index (χ0v) is 13.4. The predicted molar refractivity (Wildman–Crippen MR) is 84.7 cm³/mol. The molecule has 0 saturated heterocycles. The Kier molecular flexibility index (Phi) is 4.13. The minimum atomic E-state index is -0.590. The summed E-state index contributed by atoms with van der Waals surface area (Å²) in [6, 6.07) is 5.46. The molecule has 6 nitrogen and oxygen atoms in total. The quantitative estimate of drug-likeness (QED) is 0.835. The molecule has 1 aromatic carbocycles. The molecule has 0 aliphatic rings. The molecule has 1 heterocycles. The fraction of sp³-hybridized carbons (Fsp3) is 0.214. The number of halogens is 1. The molecule has 0 spiro atoms. The summed E-state index contributed by atoms with van der Waals surface area (Å²) in [4.78, 5) is 27.8. The summed E-state index contributed by atoms with van der Waals surface area (Å²) in [5.41, 5.74) is 0.440. The normalized spacial score (nSPS) is 11.2. The van der Waals surface area contributed by atoms with E-state index in [0.29, 0.717) is 5.69 Å².